The molecule has 1 aromatic carbocycles. The molecule has 2 nitrogen and oxygen atoms in total. The van der Waals surface area contributed by atoms with Gasteiger partial charge in [0.15, 0.2) is 0 Å². The van der Waals surface area contributed by atoms with Crippen LogP contribution < -0.4 is 10.5 Å². The number of halogens is 4. The van der Waals surface area contributed by atoms with Crippen LogP contribution in [0.1, 0.15) is 5.56 Å². The van der Waals surface area contributed by atoms with Crippen LogP contribution in [0.4, 0.5) is 17.6 Å². The largest absolute Gasteiger partial charge is 0.573 e. The van der Waals surface area contributed by atoms with Crippen LogP contribution in [0, 0.1) is 5.82 Å². The van der Waals surface area contributed by atoms with Gasteiger partial charge in [0.1, 0.15) is 11.6 Å². The third-order valence-electron chi connectivity index (χ3n) is 1.47. The molecule has 0 aliphatic heterocycles. The molecule has 6 heteroatoms. The molecule has 0 atom stereocenters. The molecule has 0 fully saturated rings. The van der Waals surface area contributed by atoms with Gasteiger partial charge in [0.2, 0.25) is 0 Å². The summed E-state index contributed by atoms with van der Waals surface area (Å²) in [7, 11) is 0. The molecule has 0 heterocycles. The number of nitrogens with two attached hydrogens (primary N) is 1. The second-order valence-electron chi connectivity index (χ2n) is 2.50. The second kappa shape index (κ2) is 3.83. The minimum Gasteiger partial charge on any atom is -0.405 e. The molecule has 0 aliphatic rings. The Hall–Kier alpha value is -1.30. The van der Waals surface area contributed by atoms with Gasteiger partial charge in [-0.2, -0.15) is 0 Å². The molecule has 0 radical (unpaired) electrons. The second-order valence-corrected chi connectivity index (χ2v) is 2.50. The van der Waals surface area contributed by atoms with E-state index in [1.807, 2.05) is 0 Å². The predicted octanol–water partition coefficient (Wildman–Crippen LogP) is 2.18. The molecule has 0 spiro atoms. The lowest BCUT2D eigenvalue weighted by Crippen LogP contribution is -2.18. The number of ether oxygens (including phenoxy) is 1. The molecule has 14 heavy (non-hydrogen) atoms. The Kier molecular flexibility index (Phi) is 2.95. The van der Waals surface area contributed by atoms with Crippen molar-refractivity contribution in [2.24, 2.45) is 5.73 Å². The van der Waals surface area contributed by atoms with Crippen LogP contribution >= 0.6 is 0 Å². The molecule has 0 aliphatic carbocycles. The van der Waals surface area contributed by atoms with E-state index in [2.05, 4.69) is 4.74 Å². The fourth-order valence-electron chi connectivity index (χ4n) is 0.917. The van der Waals surface area contributed by atoms with E-state index in [0.717, 1.165) is 12.1 Å². The molecule has 0 saturated heterocycles. The van der Waals surface area contributed by atoms with E-state index in [4.69, 9.17) is 5.73 Å². The van der Waals surface area contributed by atoms with Crippen LogP contribution in [0.15, 0.2) is 18.2 Å². The highest BCUT2D eigenvalue weighted by Crippen LogP contribution is 2.26. The van der Waals surface area contributed by atoms with Crippen molar-refractivity contribution >= 4 is 0 Å². The van der Waals surface area contributed by atoms with E-state index < -0.39 is 17.9 Å². The average molecular weight is 209 g/mol. The summed E-state index contributed by atoms with van der Waals surface area (Å²) in [6.07, 6.45) is -4.84. The van der Waals surface area contributed by atoms with Crippen LogP contribution in [0.25, 0.3) is 0 Å². The van der Waals surface area contributed by atoms with Crippen molar-refractivity contribution in [3.63, 3.8) is 0 Å². The summed E-state index contributed by atoms with van der Waals surface area (Å²) in [6, 6.07) is 2.82. The minimum atomic E-state index is -4.84. The zero-order valence-electron chi connectivity index (χ0n) is 6.94. The fourth-order valence-corrected chi connectivity index (χ4v) is 0.917. The Labute approximate surface area is 77.3 Å². The minimum absolute atomic E-state index is 0.101. The number of benzene rings is 1. The topological polar surface area (TPSA) is 35.2 Å². The third-order valence-corrected chi connectivity index (χ3v) is 1.47. The molecular formula is C8H7F4NO. The van der Waals surface area contributed by atoms with Crippen molar-refractivity contribution in [2.75, 3.05) is 0 Å². The number of alkyl halides is 3. The summed E-state index contributed by atoms with van der Waals surface area (Å²) in [5.74, 6) is -1.40. The van der Waals surface area contributed by atoms with E-state index in [1.54, 1.807) is 0 Å². The van der Waals surface area contributed by atoms with Gasteiger partial charge in [-0.3, -0.25) is 0 Å². The van der Waals surface area contributed by atoms with Gasteiger partial charge in [-0.1, -0.05) is 6.07 Å². The summed E-state index contributed by atoms with van der Waals surface area (Å²) in [5, 5.41) is 0. The van der Waals surface area contributed by atoms with Crippen LogP contribution in [-0.2, 0) is 6.54 Å². The SMILES string of the molecule is NCc1ccc(F)cc1OC(F)(F)F. The van der Waals surface area contributed by atoms with Gasteiger partial charge in [-0.25, -0.2) is 4.39 Å². The lowest BCUT2D eigenvalue weighted by molar-refractivity contribution is -0.274. The molecular weight excluding hydrogens is 202 g/mol. The zero-order chi connectivity index (χ0) is 10.8. The highest BCUT2D eigenvalue weighted by Gasteiger charge is 2.32. The Morgan fingerprint density at radius 2 is 1.93 bits per heavy atom. The Morgan fingerprint density at radius 3 is 2.43 bits per heavy atom. The molecule has 0 unspecified atom stereocenters. The standard InChI is InChI=1S/C8H7F4NO/c9-6-2-1-5(4-13)7(3-6)14-8(10,11)12/h1-3H,4,13H2. The van der Waals surface area contributed by atoms with E-state index in [1.165, 1.54) is 0 Å². The summed E-state index contributed by atoms with van der Waals surface area (Å²) < 4.78 is 51.6. The Morgan fingerprint density at radius 1 is 1.29 bits per heavy atom. The maximum atomic E-state index is 12.6. The van der Waals surface area contributed by atoms with Crippen LogP contribution in [0.5, 0.6) is 5.75 Å². The van der Waals surface area contributed by atoms with Gasteiger partial charge < -0.3 is 10.5 Å². The zero-order valence-corrected chi connectivity index (χ0v) is 6.94. The smallest absolute Gasteiger partial charge is 0.405 e. The van der Waals surface area contributed by atoms with Crippen molar-refractivity contribution in [1.29, 1.82) is 0 Å². The summed E-state index contributed by atoms with van der Waals surface area (Å²) >= 11 is 0. The average Bonchev–Trinajstić information content (AvgIpc) is 2.01. The maximum absolute atomic E-state index is 12.6. The van der Waals surface area contributed by atoms with Crippen molar-refractivity contribution in [3.05, 3.63) is 29.6 Å². The molecule has 0 amide bonds. The number of hydrogen-bond donors (Lipinski definition) is 1. The monoisotopic (exact) mass is 209 g/mol. The van der Waals surface area contributed by atoms with Crippen molar-refractivity contribution in [1.82, 2.24) is 0 Å². The van der Waals surface area contributed by atoms with Gasteiger partial charge >= 0.3 is 6.36 Å². The lowest BCUT2D eigenvalue weighted by atomic mass is 10.2. The van der Waals surface area contributed by atoms with Crippen molar-refractivity contribution in [2.45, 2.75) is 12.9 Å². The van der Waals surface area contributed by atoms with E-state index in [0.29, 0.717) is 6.07 Å². The first-order valence-electron chi connectivity index (χ1n) is 3.66. The van der Waals surface area contributed by atoms with Crippen LogP contribution in [0.3, 0.4) is 0 Å². The maximum Gasteiger partial charge on any atom is 0.573 e. The fraction of sp³-hybridized carbons (Fsp3) is 0.250. The molecule has 1 aromatic rings. The van der Waals surface area contributed by atoms with Gasteiger partial charge in [-0.15, -0.1) is 13.2 Å². The van der Waals surface area contributed by atoms with E-state index in [9.17, 15) is 17.6 Å². The third kappa shape index (κ3) is 2.88. The Balaban J connectivity index is 2.99. The molecule has 78 valence electrons. The van der Waals surface area contributed by atoms with Crippen molar-refractivity contribution in [3.8, 4) is 5.75 Å². The molecule has 2 N–H and O–H groups in total. The van der Waals surface area contributed by atoms with Crippen molar-refractivity contribution < 1.29 is 22.3 Å². The van der Waals surface area contributed by atoms with Gasteiger partial charge in [0.05, 0.1) is 0 Å². The summed E-state index contributed by atoms with van der Waals surface area (Å²) in [4.78, 5) is 0. The van der Waals surface area contributed by atoms with Gasteiger partial charge in [0.25, 0.3) is 0 Å². The Bertz CT molecular complexity index is 324. The lowest BCUT2D eigenvalue weighted by Gasteiger charge is -2.11. The molecule has 0 bridgehead atoms. The summed E-state index contributed by atoms with van der Waals surface area (Å²) in [5.41, 5.74) is 5.25. The number of rotatable bonds is 2. The predicted molar refractivity (Wildman–Crippen MR) is 41.0 cm³/mol. The summed E-state index contributed by atoms with van der Waals surface area (Å²) in [6.45, 7) is -0.147. The highest BCUT2D eigenvalue weighted by molar-refractivity contribution is 5.33. The highest BCUT2D eigenvalue weighted by atomic mass is 19.4. The van der Waals surface area contributed by atoms with E-state index in [-0.39, 0.29) is 12.1 Å². The van der Waals surface area contributed by atoms with E-state index >= 15 is 0 Å². The quantitative estimate of drug-likeness (QED) is 0.757. The normalized spacial score (nSPS) is 11.5. The molecule has 1 rings (SSSR count). The molecule has 0 aromatic heterocycles. The first-order chi connectivity index (χ1) is 6.42. The van der Waals surface area contributed by atoms with Gasteiger partial charge in [0, 0.05) is 18.2 Å². The molecule has 0 saturated carbocycles. The van der Waals surface area contributed by atoms with Crippen LogP contribution in [0.2, 0.25) is 0 Å². The number of hydrogen-bond acceptors (Lipinski definition) is 2. The van der Waals surface area contributed by atoms with Crippen LogP contribution in [-0.4, -0.2) is 6.36 Å². The first-order valence-corrected chi connectivity index (χ1v) is 3.66. The first kappa shape index (κ1) is 10.8. The van der Waals surface area contributed by atoms with Gasteiger partial charge in [-0.05, 0) is 6.07 Å².